The highest BCUT2D eigenvalue weighted by Crippen LogP contribution is 2.32. The molecule has 1 rings (SSSR count). The van der Waals surface area contributed by atoms with Crippen LogP contribution in [0.2, 0.25) is 10.0 Å². The minimum absolute atomic E-state index is 0.0973. The van der Waals surface area contributed by atoms with Gasteiger partial charge >= 0.3 is 0 Å². The topological polar surface area (TPSA) is 38.3 Å². The van der Waals surface area contributed by atoms with Gasteiger partial charge in [0.05, 0.1) is 10.0 Å². The molecular formula is C9H9Cl2NO2. The maximum atomic E-state index is 10.9. The van der Waals surface area contributed by atoms with Crippen molar-refractivity contribution in [3.63, 3.8) is 0 Å². The average Bonchev–Trinajstić information content (AvgIpc) is 2.16. The Morgan fingerprint density at radius 2 is 2.00 bits per heavy atom. The highest BCUT2D eigenvalue weighted by atomic mass is 35.5. The maximum absolute atomic E-state index is 10.9. The Bertz CT molecular complexity index is 321. The van der Waals surface area contributed by atoms with Crippen molar-refractivity contribution in [1.29, 1.82) is 0 Å². The van der Waals surface area contributed by atoms with Crippen LogP contribution in [0, 0.1) is 0 Å². The van der Waals surface area contributed by atoms with Crippen LogP contribution >= 0.6 is 23.2 Å². The fourth-order valence-corrected chi connectivity index (χ4v) is 1.34. The van der Waals surface area contributed by atoms with Crippen LogP contribution in [0.3, 0.4) is 0 Å². The molecule has 0 radical (unpaired) electrons. The van der Waals surface area contributed by atoms with Gasteiger partial charge in [-0.1, -0.05) is 29.3 Å². The summed E-state index contributed by atoms with van der Waals surface area (Å²) in [5, 5.41) is 3.20. The maximum Gasteiger partial charge on any atom is 0.257 e. The van der Waals surface area contributed by atoms with E-state index in [9.17, 15) is 4.79 Å². The summed E-state index contributed by atoms with van der Waals surface area (Å²) < 4.78 is 5.14. The molecule has 0 saturated heterocycles. The molecule has 1 aromatic carbocycles. The third-order valence-electron chi connectivity index (χ3n) is 1.55. The summed E-state index contributed by atoms with van der Waals surface area (Å²) >= 11 is 11.6. The molecule has 1 amide bonds. The molecular weight excluding hydrogens is 225 g/mol. The number of carbonyl (C=O) groups is 1. The SMILES string of the molecule is CNC(=O)COc1c(Cl)cccc1Cl. The number of likely N-dealkylation sites (N-methyl/N-ethyl adjacent to an activating group) is 1. The van der Waals surface area contributed by atoms with E-state index in [0.717, 1.165) is 0 Å². The molecule has 0 aromatic heterocycles. The minimum atomic E-state index is -0.235. The van der Waals surface area contributed by atoms with Crippen LogP contribution in [0.15, 0.2) is 18.2 Å². The summed E-state index contributed by atoms with van der Waals surface area (Å²) in [5.74, 6) is 0.0976. The summed E-state index contributed by atoms with van der Waals surface area (Å²) in [7, 11) is 1.53. The Morgan fingerprint density at radius 3 is 2.50 bits per heavy atom. The Balaban J connectivity index is 2.71. The van der Waals surface area contributed by atoms with E-state index in [1.165, 1.54) is 7.05 Å². The number of benzene rings is 1. The lowest BCUT2D eigenvalue weighted by Gasteiger charge is -2.08. The smallest absolute Gasteiger partial charge is 0.257 e. The van der Waals surface area contributed by atoms with Gasteiger partial charge in [0.2, 0.25) is 0 Å². The van der Waals surface area contributed by atoms with Crippen molar-refractivity contribution in [2.75, 3.05) is 13.7 Å². The van der Waals surface area contributed by atoms with Crippen LogP contribution in [0.4, 0.5) is 0 Å². The molecule has 0 aliphatic carbocycles. The van der Waals surface area contributed by atoms with E-state index in [0.29, 0.717) is 15.8 Å². The molecule has 0 unspecified atom stereocenters. The van der Waals surface area contributed by atoms with Gasteiger partial charge in [0.1, 0.15) is 0 Å². The lowest BCUT2D eigenvalue weighted by atomic mass is 10.3. The van der Waals surface area contributed by atoms with Gasteiger partial charge in [-0.05, 0) is 12.1 Å². The molecule has 1 aromatic rings. The number of hydrogen-bond donors (Lipinski definition) is 1. The van der Waals surface area contributed by atoms with Crippen LogP contribution in [0.1, 0.15) is 0 Å². The van der Waals surface area contributed by atoms with Crippen molar-refractivity contribution in [3.8, 4) is 5.75 Å². The number of halogens is 2. The lowest BCUT2D eigenvalue weighted by molar-refractivity contribution is -0.122. The highest BCUT2D eigenvalue weighted by molar-refractivity contribution is 6.37. The van der Waals surface area contributed by atoms with E-state index < -0.39 is 0 Å². The molecule has 0 bridgehead atoms. The van der Waals surface area contributed by atoms with Crippen molar-refractivity contribution in [2.24, 2.45) is 0 Å². The number of hydrogen-bond acceptors (Lipinski definition) is 2. The number of amides is 1. The lowest BCUT2D eigenvalue weighted by Crippen LogP contribution is -2.24. The van der Waals surface area contributed by atoms with Gasteiger partial charge in [-0.15, -0.1) is 0 Å². The summed E-state index contributed by atoms with van der Waals surface area (Å²) in [6, 6.07) is 5.00. The molecule has 76 valence electrons. The first-order chi connectivity index (χ1) is 6.65. The van der Waals surface area contributed by atoms with Gasteiger partial charge in [0.15, 0.2) is 12.4 Å². The molecule has 3 nitrogen and oxygen atoms in total. The molecule has 0 aliphatic rings. The van der Waals surface area contributed by atoms with E-state index in [2.05, 4.69) is 5.32 Å². The molecule has 0 atom stereocenters. The Morgan fingerprint density at radius 1 is 1.43 bits per heavy atom. The van der Waals surface area contributed by atoms with Crippen molar-refractivity contribution in [1.82, 2.24) is 5.32 Å². The van der Waals surface area contributed by atoms with Crippen LogP contribution in [-0.2, 0) is 4.79 Å². The van der Waals surface area contributed by atoms with Crippen LogP contribution < -0.4 is 10.1 Å². The summed E-state index contributed by atoms with van der Waals surface area (Å²) in [4.78, 5) is 10.9. The predicted molar refractivity (Wildman–Crippen MR) is 56.0 cm³/mol. The van der Waals surface area contributed by atoms with Gasteiger partial charge < -0.3 is 10.1 Å². The van der Waals surface area contributed by atoms with Gasteiger partial charge in [-0.3, -0.25) is 4.79 Å². The number of carbonyl (C=O) groups excluding carboxylic acids is 1. The zero-order chi connectivity index (χ0) is 10.6. The summed E-state index contributed by atoms with van der Waals surface area (Å²) in [5.41, 5.74) is 0. The second-order valence-corrected chi connectivity index (χ2v) is 3.33. The van der Waals surface area contributed by atoms with Crippen molar-refractivity contribution < 1.29 is 9.53 Å². The van der Waals surface area contributed by atoms with Gasteiger partial charge in [0, 0.05) is 7.05 Å². The average molecular weight is 234 g/mol. The van der Waals surface area contributed by atoms with Crippen molar-refractivity contribution in [2.45, 2.75) is 0 Å². The van der Waals surface area contributed by atoms with Crippen molar-refractivity contribution >= 4 is 29.1 Å². The number of nitrogens with one attached hydrogen (secondary N) is 1. The first-order valence-corrected chi connectivity index (χ1v) is 4.68. The summed E-state index contributed by atoms with van der Waals surface area (Å²) in [6.07, 6.45) is 0. The largest absolute Gasteiger partial charge is 0.481 e. The molecule has 0 saturated carbocycles. The zero-order valence-corrected chi connectivity index (χ0v) is 9.02. The molecule has 0 heterocycles. The van der Waals surface area contributed by atoms with Gasteiger partial charge in [-0.25, -0.2) is 0 Å². The summed E-state index contributed by atoms with van der Waals surface area (Å²) in [6.45, 7) is -0.0973. The molecule has 1 N–H and O–H groups in total. The molecule has 5 heteroatoms. The first-order valence-electron chi connectivity index (χ1n) is 3.92. The second-order valence-electron chi connectivity index (χ2n) is 2.51. The standard InChI is InChI=1S/C9H9Cl2NO2/c1-12-8(13)5-14-9-6(10)3-2-4-7(9)11/h2-4H,5H2,1H3,(H,12,13). The van der Waals surface area contributed by atoms with E-state index in [1.807, 2.05) is 0 Å². The molecule has 0 fully saturated rings. The van der Waals surface area contributed by atoms with Gasteiger partial charge in [-0.2, -0.15) is 0 Å². The normalized spacial score (nSPS) is 9.64. The molecule has 14 heavy (non-hydrogen) atoms. The number of rotatable bonds is 3. The fourth-order valence-electron chi connectivity index (χ4n) is 0.830. The van der Waals surface area contributed by atoms with Crippen molar-refractivity contribution in [3.05, 3.63) is 28.2 Å². The number of para-hydroxylation sites is 1. The fraction of sp³-hybridized carbons (Fsp3) is 0.222. The second kappa shape index (κ2) is 5.08. The van der Waals surface area contributed by atoms with E-state index in [4.69, 9.17) is 27.9 Å². The van der Waals surface area contributed by atoms with Crippen LogP contribution in [0.25, 0.3) is 0 Å². The Kier molecular flexibility index (Phi) is 4.04. The predicted octanol–water partition coefficient (Wildman–Crippen LogP) is 2.12. The number of ether oxygens (including phenoxy) is 1. The third kappa shape index (κ3) is 2.79. The van der Waals surface area contributed by atoms with Gasteiger partial charge in [0.25, 0.3) is 5.91 Å². The Labute approximate surface area is 92.0 Å². The monoisotopic (exact) mass is 233 g/mol. The van der Waals surface area contributed by atoms with E-state index >= 15 is 0 Å². The molecule has 0 spiro atoms. The Hall–Kier alpha value is -0.930. The third-order valence-corrected chi connectivity index (χ3v) is 2.14. The minimum Gasteiger partial charge on any atom is -0.481 e. The van der Waals surface area contributed by atoms with E-state index in [1.54, 1.807) is 18.2 Å². The van der Waals surface area contributed by atoms with Crippen LogP contribution in [-0.4, -0.2) is 19.6 Å². The van der Waals surface area contributed by atoms with Crippen LogP contribution in [0.5, 0.6) is 5.75 Å². The molecule has 0 aliphatic heterocycles. The zero-order valence-electron chi connectivity index (χ0n) is 7.51. The quantitative estimate of drug-likeness (QED) is 0.869. The highest BCUT2D eigenvalue weighted by Gasteiger charge is 2.07. The first kappa shape index (κ1) is 11.1. The van der Waals surface area contributed by atoms with E-state index in [-0.39, 0.29) is 12.5 Å².